The van der Waals surface area contributed by atoms with Crippen molar-refractivity contribution in [3.8, 4) is 33.1 Å². The molecule has 0 N–H and O–H groups in total. The van der Waals surface area contributed by atoms with Gasteiger partial charge in [-0.2, -0.15) is 0 Å². The maximum absolute atomic E-state index is 13.3. The molecule has 0 aliphatic heterocycles. The third-order valence-corrected chi connectivity index (χ3v) is 4.78. The summed E-state index contributed by atoms with van der Waals surface area (Å²) >= 11 is 1.61. The van der Waals surface area contributed by atoms with Crippen LogP contribution >= 0.6 is 11.3 Å². The monoisotopic (exact) mass is 347 g/mol. The Morgan fingerprint density at radius 2 is 1.64 bits per heavy atom. The molecule has 0 spiro atoms. The highest BCUT2D eigenvalue weighted by Gasteiger charge is 2.16. The van der Waals surface area contributed by atoms with E-state index in [9.17, 15) is 4.39 Å². The second-order valence-electron chi connectivity index (χ2n) is 5.58. The fourth-order valence-corrected chi connectivity index (χ4v) is 3.43. The fraction of sp³-hybridized carbons (Fsp3) is 0.0500. The van der Waals surface area contributed by atoms with Gasteiger partial charge >= 0.3 is 0 Å². The molecule has 0 atom stereocenters. The average molecular weight is 347 g/mol. The van der Waals surface area contributed by atoms with Gasteiger partial charge in [0.25, 0.3) is 0 Å². The van der Waals surface area contributed by atoms with Gasteiger partial charge in [0.2, 0.25) is 0 Å². The molecule has 25 heavy (non-hydrogen) atoms. The Kier molecular flexibility index (Phi) is 4.07. The quantitative estimate of drug-likeness (QED) is 0.499. The summed E-state index contributed by atoms with van der Waals surface area (Å²) in [5.74, 6) is 0.438. The van der Waals surface area contributed by atoms with Gasteiger partial charge in [-0.1, -0.05) is 18.2 Å². The van der Waals surface area contributed by atoms with E-state index in [-0.39, 0.29) is 5.82 Å². The number of pyridine rings is 1. The van der Waals surface area contributed by atoms with Crippen LogP contribution in [-0.4, -0.2) is 15.0 Å². The lowest BCUT2D eigenvalue weighted by Crippen LogP contribution is -1.99. The summed E-state index contributed by atoms with van der Waals surface area (Å²) < 4.78 is 13.3. The Morgan fingerprint density at radius 3 is 2.32 bits per heavy atom. The topological polar surface area (TPSA) is 38.7 Å². The predicted molar refractivity (Wildman–Crippen MR) is 98.7 cm³/mol. The molecule has 4 rings (SSSR count). The Labute approximate surface area is 148 Å². The SMILES string of the molecule is Cc1nc(-c2cccs2)nc(-c2ccncc2)c1-c1ccc(F)cc1. The van der Waals surface area contributed by atoms with Crippen LogP contribution in [0.3, 0.4) is 0 Å². The number of halogens is 1. The largest absolute Gasteiger partial charge is 0.265 e. The maximum atomic E-state index is 13.3. The molecule has 0 aliphatic carbocycles. The maximum Gasteiger partial charge on any atom is 0.170 e. The molecule has 4 aromatic rings. The van der Waals surface area contributed by atoms with Gasteiger partial charge in [0.15, 0.2) is 5.82 Å². The lowest BCUT2D eigenvalue weighted by atomic mass is 9.98. The van der Waals surface area contributed by atoms with Gasteiger partial charge in [0, 0.05) is 29.2 Å². The van der Waals surface area contributed by atoms with Crippen molar-refractivity contribution in [3.63, 3.8) is 0 Å². The Morgan fingerprint density at radius 1 is 0.880 bits per heavy atom. The highest BCUT2D eigenvalue weighted by molar-refractivity contribution is 7.13. The molecule has 1 aromatic carbocycles. The highest BCUT2D eigenvalue weighted by atomic mass is 32.1. The fourth-order valence-electron chi connectivity index (χ4n) is 2.77. The van der Waals surface area contributed by atoms with Crippen molar-refractivity contribution >= 4 is 11.3 Å². The van der Waals surface area contributed by atoms with Gasteiger partial charge in [-0.15, -0.1) is 11.3 Å². The smallest absolute Gasteiger partial charge is 0.170 e. The first-order chi connectivity index (χ1) is 12.2. The number of rotatable bonds is 3. The molecule has 0 unspecified atom stereocenters. The summed E-state index contributed by atoms with van der Waals surface area (Å²) in [7, 11) is 0. The minimum absolute atomic E-state index is 0.261. The van der Waals surface area contributed by atoms with Gasteiger partial charge in [0.1, 0.15) is 5.82 Å². The molecule has 0 fully saturated rings. The van der Waals surface area contributed by atoms with Crippen LogP contribution in [0.2, 0.25) is 0 Å². The zero-order valence-corrected chi connectivity index (χ0v) is 14.3. The van der Waals surface area contributed by atoms with E-state index in [0.29, 0.717) is 5.82 Å². The van der Waals surface area contributed by atoms with Gasteiger partial charge in [0.05, 0.1) is 10.6 Å². The number of aryl methyl sites for hydroxylation is 1. The molecule has 0 radical (unpaired) electrons. The molecule has 0 aliphatic rings. The Bertz CT molecular complexity index is 997. The molecular formula is C20H14FN3S. The van der Waals surface area contributed by atoms with Crippen LogP contribution in [0.25, 0.3) is 33.1 Å². The zero-order valence-electron chi connectivity index (χ0n) is 13.5. The van der Waals surface area contributed by atoms with Crippen molar-refractivity contribution in [1.29, 1.82) is 0 Å². The first kappa shape index (κ1) is 15.6. The molecule has 0 saturated carbocycles. The van der Waals surface area contributed by atoms with Crippen molar-refractivity contribution < 1.29 is 4.39 Å². The summed E-state index contributed by atoms with van der Waals surface area (Å²) in [5, 5.41) is 2.01. The summed E-state index contributed by atoms with van der Waals surface area (Å²) in [4.78, 5) is 14.6. The third kappa shape index (κ3) is 3.06. The summed E-state index contributed by atoms with van der Waals surface area (Å²) in [5.41, 5.74) is 4.44. The van der Waals surface area contributed by atoms with Crippen LogP contribution in [0.4, 0.5) is 4.39 Å². The number of thiophene rings is 1. The van der Waals surface area contributed by atoms with Crippen LogP contribution in [0.1, 0.15) is 5.69 Å². The Hall–Kier alpha value is -2.92. The van der Waals surface area contributed by atoms with Crippen LogP contribution in [0, 0.1) is 12.7 Å². The lowest BCUT2D eigenvalue weighted by molar-refractivity contribution is 0.628. The molecular weight excluding hydrogens is 333 g/mol. The highest BCUT2D eigenvalue weighted by Crippen LogP contribution is 2.35. The van der Waals surface area contributed by atoms with Crippen LogP contribution in [-0.2, 0) is 0 Å². The van der Waals surface area contributed by atoms with Crippen molar-refractivity contribution in [1.82, 2.24) is 15.0 Å². The molecule has 0 bridgehead atoms. The van der Waals surface area contributed by atoms with E-state index < -0.39 is 0 Å². The zero-order chi connectivity index (χ0) is 17.2. The number of hydrogen-bond donors (Lipinski definition) is 0. The van der Waals surface area contributed by atoms with Crippen LogP contribution in [0.15, 0.2) is 66.3 Å². The van der Waals surface area contributed by atoms with E-state index in [4.69, 9.17) is 9.97 Å². The normalized spacial score (nSPS) is 10.8. The van der Waals surface area contributed by atoms with Crippen molar-refractivity contribution in [2.24, 2.45) is 0 Å². The van der Waals surface area contributed by atoms with E-state index in [2.05, 4.69) is 4.98 Å². The first-order valence-corrected chi connectivity index (χ1v) is 8.69. The average Bonchev–Trinajstić information content (AvgIpc) is 3.18. The van der Waals surface area contributed by atoms with Crippen LogP contribution in [0.5, 0.6) is 0 Å². The van der Waals surface area contributed by atoms with Gasteiger partial charge in [-0.25, -0.2) is 14.4 Å². The number of nitrogens with zero attached hydrogens (tertiary/aromatic N) is 3. The lowest BCUT2D eigenvalue weighted by Gasteiger charge is -2.13. The molecule has 3 aromatic heterocycles. The number of aromatic nitrogens is 3. The summed E-state index contributed by atoms with van der Waals surface area (Å²) in [6.07, 6.45) is 3.48. The van der Waals surface area contributed by atoms with E-state index in [1.807, 2.05) is 36.6 Å². The molecule has 3 nitrogen and oxygen atoms in total. The number of benzene rings is 1. The Balaban J connectivity index is 1.98. The number of hydrogen-bond acceptors (Lipinski definition) is 4. The van der Waals surface area contributed by atoms with E-state index in [0.717, 1.165) is 33.0 Å². The molecule has 0 amide bonds. The summed E-state index contributed by atoms with van der Waals surface area (Å²) in [6.45, 7) is 1.96. The minimum Gasteiger partial charge on any atom is -0.265 e. The van der Waals surface area contributed by atoms with E-state index in [1.165, 1.54) is 12.1 Å². The minimum atomic E-state index is -0.261. The molecule has 3 heterocycles. The van der Waals surface area contributed by atoms with E-state index >= 15 is 0 Å². The van der Waals surface area contributed by atoms with Gasteiger partial charge < -0.3 is 0 Å². The second kappa shape index (κ2) is 6.53. The van der Waals surface area contributed by atoms with E-state index in [1.54, 1.807) is 35.9 Å². The van der Waals surface area contributed by atoms with Crippen molar-refractivity contribution in [2.45, 2.75) is 6.92 Å². The second-order valence-corrected chi connectivity index (χ2v) is 6.52. The van der Waals surface area contributed by atoms with Crippen molar-refractivity contribution in [3.05, 3.63) is 77.8 Å². The van der Waals surface area contributed by atoms with Crippen molar-refractivity contribution in [2.75, 3.05) is 0 Å². The standard InChI is InChI=1S/C20H14FN3S/c1-13-18(14-4-6-16(21)7-5-14)19(15-8-10-22-11-9-15)24-20(23-13)17-3-2-12-25-17/h2-12H,1H3. The molecule has 0 saturated heterocycles. The summed E-state index contributed by atoms with van der Waals surface area (Å²) in [6, 6.07) is 14.3. The third-order valence-electron chi connectivity index (χ3n) is 3.92. The van der Waals surface area contributed by atoms with Gasteiger partial charge in [-0.3, -0.25) is 4.98 Å². The van der Waals surface area contributed by atoms with Gasteiger partial charge in [-0.05, 0) is 48.2 Å². The predicted octanol–water partition coefficient (Wildman–Crippen LogP) is 5.38. The molecule has 5 heteroatoms. The molecule has 122 valence electrons. The first-order valence-electron chi connectivity index (χ1n) is 7.81. The van der Waals surface area contributed by atoms with Crippen LogP contribution < -0.4 is 0 Å².